The molecule has 1 aliphatic carbocycles. The Hall–Kier alpha value is -2.28. The van der Waals surface area contributed by atoms with Gasteiger partial charge in [-0.3, -0.25) is 10.1 Å². The number of allylic oxidation sites excluding steroid dienone is 2. The van der Waals surface area contributed by atoms with Crippen LogP contribution in [0.2, 0.25) is 0 Å². The number of nitrogens with zero attached hydrogens (tertiary/aromatic N) is 3. The summed E-state index contributed by atoms with van der Waals surface area (Å²) in [5, 5.41) is 24.3. The Bertz CT molecular complexity index is 813. The number of benzene rings is 1. The summed E-state index contributed by atoms with van der Waals surface area (Å²) in [4.78, 5) is 10.8. The Kier molecular flexibility index (Phi) is 4.85. The van der Waals surface area contributed by atoms with E-state index in [9.17, 15) is 10.1 Å². The lowest BCUT2D eigenvalue weighted by Gasteiger charge is -2.36. The number of nitro groups is 1. The molecule has 1 aliphatic rings. The van der Waals surface area contributed by atoms with Crippen LogP contribution in [0.5, 0.6) is 0 Å². The van der Waals surface area contributed by atoms with Crippen molar-refractivity contribution in [1.82, 2.24) is 10.2 Å². The molecule has 7 heteroatoms. The minimum absolute atomic E-state index is 0.0531. The van der Waals surface area contributed by atoms with E-state index in [1.165, 1.54) is 23.0 Å². The molecular formula is C18H22N4O2S. The predicted octanol–water partition coefficient (Wildman–Crippen LogP) is 5.05. The van der Waals surface area contributed by atoms with Gasteiger partial charge in [0.25, 0.3) is 5.69 Å². The van der Waals surface area contributed by atoms with Crippen LogP contribution in [0.15, 0.2) is 35.9 Å². The molecule has 2 aromatic rings. The molecule has 0 unspecified atom stereocenters. The quantitative estimate of drug-likeness (QED) is 0.459. The van der Waals surface area contributed by atoms with Gasteiger partial charge in [-0.15, -0.1) is 10.2 Å². The highest BCUT2D eigenvalue weighted by atomic mass is 32.1. The number of nitrogens with one attached hydrogen (secondary N) is 1. The lowest BCUT2D eigenvalue weighted by atomic mass is 9.78. The number of rotatable bonds is 5. The molecule has 1 aromatic carbocycles. The molecule has 1 atom stereocenters. The molecule has 25 heavy (non-hydrogen) atoms. The summed E-state index contributed by atoms with van der Waals surface area (Å²) >= 11 is 1.36. The summed E-state index contributed by atoms with van der Waals surface area (Å²) in [5.41, 5.74) is 1.91. The SMILES string of the molecule is CC1=CC[C@H](C(C)(C)Nc2nnc(-c3ccccc3[N+](=O)[O-])s2)CC1. The number of nitro benzene ring substituents is 1. The highest BCUT2D eigenvalue weighted by molar-refractivity contribution is 7.18. The van der Waals surface area contributed by atoms with Crippen molar-refractivity contribution >= 4 is 22.2 Å². The molecule has 1 aromatic heterocycles. The van der Waals surface area contributed by atoms with Gasteiger partial charge in [0.15, 0.2) is 5.01 Å². The largest absolute Gasteiger partial charge is 0.355 e. The summed E-state index contributed by atoms with van der Waals surface area (Å²) in [6.45, 7) is 6.54. The van der Waals surface area contributed by atoms with E-state index in [0.29, 0.717) is 21.6 Å². The first-order chi connectivity index (χ1) is 11.9. The Morgan fingerprint density at radius 2 is 2.08 bits per heavy atom. The van der Waals surface area contributed by atoms with Crippen LogP contribution in [0.25, 0.3) is 10.6 Å². The molecule has 0 aliphatic heterocycles. The minimum atomic E-state index is -0.384. The second kappa shape index (κ2) is 6.92. The van der Waals surface area contributed by atoms with Crippen LogP contribution >= 0.6 is 11.3 Å². The summed E-state index contributed by atoms with van der Waals surface area (Å²) < 4.78 is 0. The van der Waals surface area contributed by atoms with Crippen LogP contribution in [-0.4, -0.2) is 20.7 Å². The fourth-order valence-electron chi connectivity index (χ4n) is 3.19. The molecule has 1 heterocycles. The molecule has 0 spiro atoms. The van der Waals surface area contributed by atoms with Gasteiger partial charge in [0.1, 0.15) is 0 Å². The maximum atomic E-state index is 11.2. The highest BCUT2D eigenvalue weighted by Gasteiger charge is 2.31. The molecule has 6 nitrogen and oxygen atoms in total. The third kappa shape index (κ3) is 3.87. The van der Waals surface area contributed by atoms with Gasteiger partial charge < -0.3 is 5.32 Å². The van der Waals surface area contributed by atoms with Crippen molar-refractivity contribution in [3.05, 3.63) is 46.0 Å². The average molecular weight is 358 g/mol. The fraction of sp³-hybridized carbons (Fsp3) is 0.444. The second-order valence-electron chi connectivity index (χ2n) is 7.06. The molecule has 1 N–H and O–H groups in total. The predicted molar refractivity (Wildman–Crippen MR) is 101 cm³/mol. The van der Waals surface area contributed by atoms with Gasteiger partial charge in [0.2, 0.25) is 5.13 Å². The summed E-state index contributed by atoms with van der Waals surface area (Å²) in [6, 6.07) is 6.63. The molecule has 0 bridgehead atoms. The first kappa shape index (κ1) is 17.5. The van der Waals surface area contributed by atoms with Gasteiger partial charge in [0, 0.05) is 11.6 Å². The third-order valence-electron chi connectivity index (χ3n) is 4.84. The molecule has 0 saturated carbocycles. The van der Waals surface area contributed by atoms with E-state index in [0.717, 1.165) is 19.3 Å². The van der Waals surface area contributed by atoms with Crippen LogP contribution < -0.4 is 5.32 Å². The number of hydrogen-bond donors (Lipinski definition) is 1. The van der Waals surface area contributed by atoms with Gasteiger partial charge >= 0.3 is 0 Å². The molecule has 0 amide bonds. The van der Waals surface area contributed by atoms with Crippen LogP contribution in [0.3, 0.4) is 0 Å². The van der Waals surface area contributed by atoms with E-state index < -0.39 is 0 Å². The van der Waals surface area contributed by atoms with E-state index in [2.05, 4.69) is 42.4 Å². The van der Waals surface area contributed by atoms with Gasteiger partial charge in [-0.05, 0) is 52.0 Å². The Morgan fingerprint density at radius 3 is 2.76 bits per heavy atom. The smallest absolute Gasteiger partial charge is 0.279 e. The maximum Gasteiger partial charge on any atom is 0.279 e. The standard InChI is InChI=1S/C18H22N4O2S/c1-12-8-10-13(11-9-12)18(2,3)19-17-21-20-16(25-17)14-6-4-5-7-15(14)22(23)24/h4-8,13H,9-11H2,1-3H3,(H,19,21)/t13-/m0/s1. The second-order valence-corrected chi connectivity index (χ2v) is 8.03. The molecule has 3 rings (SSSR count). The van der Waals surface area contributed by atoms with Gasteiger partial charge in [-0.1, -0.05) is 35.1 Å². The number of para-hydroxylation sites is 1. The minimum Gasteiger partial charge on any atom is -0.355 e. The molecule has 0 fully saturated rings. The first-order valence-electron chi connectivity index (χ1n) is 8.38. The fourth-order valence-corrected chi connectivity index (χ4v) is 4.14. The maximum absolute atomic E-state index is 11.2. The van der Waals surface area contributed by atoms with E-state index in [4.69, 9.17) is 0 Å². The number of anilines is 1. The number of aromatic nitrogens is 2. The summed E-state index contributed by atoms with van der Waals surface area (Å²) in [5.74, 6) is 0.523. The molecule has 0 saturated heterocycles. The lowest BCUT2D eigenvalue weighted by Crippen LogP contribution is -2.40. The Labute approximate surface area is 151 Å². The van der Waals surface area contributed by atoms with Crippen molar-refractivity contribution in [2.75, 3.05) is 5.32 Å². The summed E-state index contributed by atoms with van der Waals surface area (Å²) in [7, 11) is 0. The Morgan fingerprint density at radius 1 is 1.32 bits per heavy atom. The van der Waals surface area contributed by atoms with Gasteiger partial charge in [-0.2, -0.15) is 0 Å². The zero-order valence-corrected chi connectivity index (χ0v) is 15.5. The van der Waals surface area contributed by atoms with E-state index in [-0.39, 0.29) is 16.1 Å². The molecule has 132 valence electrons. The monoisotopic (exact) mass is 358 g/mol. The third-order valence-corrected chi connectivity index (χ3v) is 5.72. The zero-order chi connectivity index (χ0) is 18.0. The first-order valence-corrected chi connectivity index (χ1v) is 9.19. The number of hydrogen-bond acceptors (Lipinski definition) is 6. The zero-order valence-electron chi connectivity index (χ0n) is 14.7. The Balaban J connectivity index is 1.79. The average Bonchev–Trinajstić information content (AvgIpc) is 3.03. The lowest BCUT2D eigenvalue weighted by molar-refractivity contribution is -0.384. The van der Waals surface area contributed by atoms with Crippen LogP contribution in [0, 0.1) is 16.0 Å². The normalized spacial score (nSPS) is 17.9. The van der Waals surface area contributed by atoms with Crippen molar-refractivity contribution in [3.8, 4) is 10.6 Å². The van der Waals surface area contributed by atoms with Gasteiger partial charge in [-0.25, -0.2) is 0 Å². The van der Waals surface area contributed by atoms with Crippen molar-refractivity contribution in [2.45, 2.75) is 45.6 Å². The molecule has 0 radical (unpaired) electrons. The van der Waals surface area contributed by atoms with Crippen LogP contribution in [0.4, 0.5) is 10.8 Å². The van der Waals surface area contributed by atoms with E-state index >= 15 is 0 Å². The van der Waals surface area contributed by atoms with Crippen LogP contribution in [-0.2, 0) is 0 Å². The summed E-state index contributed by atoms with van der Waals surface area (Å²) in [6.07, 6.45) is 5.66. The van der Waals surface area contributed by atoms with Crippen molar-refractivity contribution < 1.29 is 4.92 Å². The van der Waals surface area contributed by atoms with Crippen molar-refractivity contribution in [3.63, 3.8) is 0 Å². The van der Waals surface area contributed by atoms with E-state index in [1.54, 1.807) is 18.2 Å². The molecular weight excluding hydrogens is 336 g/mol. The van der Waals surface area contributed by atoms with Crippen molar-refractivity contribution in [2.24, 2.45) is 5.92 Å². The van der Waals surface area contributed by atoms with Gasteiger partial charge in [0.05, 0.1) is 10.5 Å². The van der Waals surface area contributed by atoms with E-state index in [1.807, 2.05) is 0 Å². The van der Waals surface area contributed by atoms with Crippen LogP contribution in [0.1, 0.15) is 40.0 Å². The topological polar surface area (TPSA) is 81.0 Å². The van der Waals surface area contributed by atoms with Crippen molar-refractivity contribution in [1.29, 1.82) is 0 Å². The highest BCUT2D eigenvalue weighted by Crippen LogP contribution is 2.37.